The molecule has 172 valence electrons. The van der Waals surface area contributed by atoms with Gasteiger partial charge in [-0.3, -0.25) is 14.6 Å². The van der Waals surface area contributed by atoms with Crippen molar-refractivity contribution in [3.8, 4) is 11.5 Å². The van der Waals surface area contributed by atoms with E-state index in [-0.39, 0.29) is 18.3 Å². The largest absolute Gasteiger partial charge is 0.497 e. The SMILES string of the molecule is COc1cccc(C(=O)N(CCCN2CCOCC2)c2nc3ccc(OC)cc3s2)c1.Cl. The number of ether oxygens (including phenoxy) is 3. The van der Waals surface area contributed by atoms with Gasteiger partial charge in [0.05, 0.1) is 37.6 Å². The van der Waals surface area contributed by atoms with Gasteiger partial charge in [-0.25, -0.2) is 4.98 Å². The number of benzene rings is 2. The minimum Gasteiger partial charge on any atom is -0.497 e. The van der Waals surface area contributed by atoms with Gasteiger partial charge in [0.1, 0.15) is 11.5 Å². The molecule has 1 aliphatic rings. The molecule has 9 heteroatoms. The third-order valence-electron chi connectivity index (χ3n) is 5.34. The fourth-order valence-corrected chi connectivity index (χ4v) is 4.63. The fraction of sp³-hybridized carbons (Fsp3) is 0.391. The summed E-state index contributed by atoms with van der Waals surface area (Å²) < 4.78 is 17.1. The Hall–Kier alpha value is -2.39. The molecule has 3 aromatic rings. The molecule has 0 radical (unpaired) electrons. The lowest BCUT2D eigenvalue weighted by molar-refractivity contribution is 0.0376. The molecule has 2 heterocycles. The topological polar surface area (TPSA) is 64.1 Å². The lowest BCUT2D eigenvalue weighted by Gasteiger charge is -2.27. The maximum Gasteiger partial charge on any atom is 0.260 e. The van der Waals surface area contributed by atoms with Crippen LogP contribution in [0.5, 0.6) is 11.5 Å². The van der Waals surface area contributed by atoms with E-state index < -0.39 is 0 Å². The van der Waals surface area contributed by atoms with Gasteiger partial charge < -0.3 is 14.2 Å². The Balaban J connectivity index is 0.00000289. The van der Waals surface area contributed by atoms with E-state index in [0.717, 1.165) is 55.2 Å². The number of carbonyl (C=O) groups excluding carboxylic acids is 1. The van der Waals surface area contributed by atoms with Gasteiger partial charge >= 0.3 is 0 Å². The maximum absolute atomic E-state index is 13.5. The van der Waals surface area contributed by atoms with E-state index in [1.54, 1.807) is 25.2 Å². The lowest BCUT2D eigenvalue weighted by Crippen LogP contribution is -2.39. The summed E-state index contributed by atoms with van der Waals surface area (Å²) in [4.78, 5) is 22.4. The van der Waals surface area contributed by atoms with Crippen LogP contribution in [0.3, 0.4) is 0 Å². The fourth-order valence-electron chi connectivity index (χ4n) is 3.61. The molecule has 32 heavy (non-hydrogen) atoms. The quantitative estimate of drug-likeness (QED) is 0.486. The molecule has 1 aliphatic heterocycles. The van der Waals surface area contributed by atoms with E-state index in [2.05, 4.69) is 4.90 Å². The molecular weight excluding hydrogens is 450 g/mol. The zero-order valence-corrected chi connectivity index (χ0v) is 19.9. The van der Waals surface area contributed by atoms with E-state index in [0.29, 0.717) is 23.0 Å². The number of morpholine rings is 1. The number of nitrogens with zero attached hydrogens (tertiary/aromatic N) is 3. The van der Waals surface area contributed by atoms with E-state index >= 15 is 0 Å². The van der Waals surface area contributed by atoms with Crippen molar-refractivity contribution in [1.82, 2.24) is 9.88 Å². The van der Waals surface area contributed by atoms with Crippen LogP contribution in [0, 0.1) is 0 Å². The smallest absolute Gasteiger partial charge is 0.260 e. The average molecular weight is 478 g/mol. The molecule has 2 aromatic carbocycles. The van der Waals surface area contributed by atoms with Crippen LogP contribution in [0.25, 0.3) is 10.2 Å². The normalized spacial score (nSPS) is 14.1. The van der Waals surface area contributed by atoms with Crippen LogP contribution in [0.4, 0.5) is 5.13 Å². The van der Waals surface area contributed by atoms with Crippen molar-refractivity contribution in [3.05, 3.63) is 48.0 Å². The number of aromatic nitrogens is 1. The monoisotopic (exact) mass is 477 g/mol. The van der Waals surface area contributed by atoms with E-state index in [1.807, 2.05) is 36.4 Å². The second kappa shape index (κ2) is 11.5. The van der Waals surface area contributed by atoms with Gasteiger partial charge in [0.15, 0.2) is 5.13 Å². The van der Waals surface area contributed by atoms with Crippen LogP contribution in [0.15, 0.2) is 42.5 Å². The van der Waals surface area contributed by atoms with Gasteiger partial charge in [-0.05, 0) is 42.8 Å². The van der Waals surface area contributed by atoms with Crippen molar-refractivity contribution in [3.63, 3.8) is 0 Å². The molecule has 0 N–H and O–H groups in total. The maximum atomic E-state index is 13.5. The number of hydrogen-bond acceptors (Lipinski definition) is 7. The van der Waals surface area contributed by atoms with Crippen LogP contribution >= 0.6 is 23.7 Å². The van der Waals surface area contributed by atoms with Crippen molar-refractivity contribution in [2.45, 2.75) is 6.42 Å². The number of halogens is 1. The van der Waals surface area contributed by atoms with Crippen molar-refractivity contribution in [1.29, 1.82) is 0 Å². The molecule has 1 fully saturated rings. The van der Waals surface area contributed by atoms with Crippen molar-refractivity contribution in [2.24, 2.45) is 0 Å². The van der Waals surface area contributed by atoms with Crippen molar-refractivity contribution in [2.75, 3.05) is 58.5 Å². The highest BCUT2D eigenvalue weighted by molar-refractivity contribution is 7.22. The second-order valence-electron chi connectivity index (χ2n) is 7.33. The van der Waals surface area contributed by atoms with Gasteiger partial charge in [0.2, 0.25) is 0 Å². The summed E-state index contributed by atoms with van der Waals surface area (Å²) in [5.74, 6) is 1.36. The Morgan fingerprint density at radius 3 is 2.62 bits per heavy atom. The highest BCUT2D eigenvalue weighted by atomic mass is 35.5. The number of thiazole rings is 1. The molecule has 1 amide bonds. The number of hydrogen-bond donors (Lipinski definition) is 0. The van der Waals surface area contributed by atoms with E-state index in [1.165, 1.54) is 11.3 Å². The summed E-state index contributed by atoms with van der Waals surface area (Å²) in [7, 11) is 3.25. The van der Waals surface area contributed by atoms with E-state index in [9.17, 15) is 4.79 Å². The highest BCUT2D eigenvalue weighted by Crippen LogP contribution is 2.32. The zero-order chi connectivity index (χ0) is 21.6. The molecule has 1 saturated heterocycles. The molecular formula is C23H28ClN3O4S. The van der Waals surface area contributed by atoms with Crippen LogP contribution in [-0.4, -0.2) is 69.4 Å². The van der Waals surface area contributed by atoms with Crippen LogP contribution in [-0.2, 0) is 4.74 Å². The molecule has 0 aliphatic carbocycles. The lowest BCUT2D eigenvalue weighted by atomic mass is 10.2. The second-order valence-corrected chi connectivity index (χ2v) is 8.34. The molecule has 0 saturated carbocycles. The summed E-state index contributed by atoms with van der Waals surface area (Å²) in [6.45, 7) is 4.92. The summed E-state index contributed by atoms with van der Waals surface area (Å²) >= 11 is 1.50. The third-order valence-corrected chi connectivity index (χ3v) is 6.38. The number of fused-ring (bicyclic) bond motifs is 1. The molecule has 0 unspecified atom stereocenters. The minimum atomic E-state index is -0.0769. The third kappa shape index (κ3) is 5.69. The Morgan fingerprint density at radius 2 is 1.88 bits per heavy atom. The van der Waals surface area contributed by atoms with Crippen LogP contribution < -0.4 is 14.4 Å². The van der Waals surface area contributed by atoms with Gasteiger partial charge in [0.25, 0.3) is 5.91 Å². The summed E-state index contributed by atoms with van der Waals surface area (Å²) in [6, 6.07) is 13.0. The number of rotatable bonds is 8. The molecule has 0 spiro atoms. The first-order valence-corrected chi connectivity index (χ1v) is 11.2. The highest BCUT2D eigenvalue weighted by Gasteiger charge is 2.22. The average Bonchev–Trinajstić information content (AvgIpc) is 3.25. The molecule has 0 atom stereocenters. The van der Waals surface area contributed by atoms with Gasteiger partial charge in [0, 0.05) is 31.7 Å². The predicted octanol–water partition coefficient (Wildman–Crippen LogP) is 4.10. The van der Waals surface area contributed by atoms with Gasteiger partial charge in [-0.2, -0.15) is 0 Å². The Labute approximate surface area is 198 Å². The standard InChI is InChI=1S/C23H27N3O4S.ClH/c1-28-18-6-3-5-17(15-18)22(27)26(10-4-9-25-11-13-30-14-12-25)23-24-20-8-7-19(29-2)16-21(20)31-23;/h3,5-8,15-16H,4,9-14H2,1-2H3;1H. The summed E-state index contributed by atoms with van der Waals surface area (Å²) in [6.07, 6.45) is 0.856. The van der Waals surface area contributed by atoms with Gasteiger partial charge in [-0.1, -0.05) is 17.4 Å². The Bertz CT molecular complexity index is 1040. The molecule has 1 aromatic heterocycles. The van der Waals surface area contributed by atoms with Crippen LogP contribution in [0.1, 0.15) is 16.8 Å². The van der Waals surface area contributed by atoms with Crippen molar-refractivity contribution < 1.29 is 19.0 Å². The number of methoxy groups -OCH3 is 2. The Morgan fingerprint density at radius 1 is 1.12 bits per heavy atom. The first-order chi connectivity index (χ1) is 15.2. The Kier molecular flexibility index (Phi) is 8.69. The van der Waals surface area contributed by atoms with E-state index in [4.69, 9.17) is 19.2 Å². The van der Waals surface area contributed by atoms with Crippen LogP contribution in [0.2, 0.25) is 0 Å². The summed E-state index contributed by atoms with van der Waals surface area (Å²) in [5.41, 5.74) is 1.44. The number of carbonyl (C=O) groups is 1. The first-order valence-electron chi connectivity index (χ1n) is 10.4. The number of amides is 1. The molecule has 7 nitrogen and oxygen atoms in total. The van der Waals surface area contributed by atoms with Crippen molar-refractivity contribution >= 4 is 45.0 Å². The van der Waals surface area contributed by atoms with Gasteiger partial charge in [-0.15, -0.1) is 12.4 Å². The number of anilines is 1. The first kappa shape index (κ1) is 24.3. The predicted molar refractivity (Wildman–Crippen MR) is 130 cm³/mol. The molecule has 4 rings (SSSR count). The summed E-state index contributed by atoms with van der Waals surface area (Å²) in [5, 5.41) is 0.693. The minimum absolute atomic E-state index is 0. The molecule has 0 bridgehead atoms. The zero-order valence-electron chi connectivity index (χ0n) is 18.3.